The van der Waals surface area contributed by atoms with Crippen LogP contribution >= 0.6 is 0 Å². The number of fused-ring (bicyclic) bond motifs is 1. The molecule has 4 atom stereocenters. The average Bonchev–Trinajstić information content (AvgIpc) is 3.20. The average molecular weight is 401 g/mol. The first-order valence-corrected chi connectivity index (χ1v) is 9.84. The van der Waals surface area contributed by atoms with E-state index in [1.165, 1.54) is 14.2 Å². The fraction of sp³-hybridized carbons (Fsp3) is 0.524. The summed E-state index contributed by atoms with van der Waals surface area (Å²) in [7, 11) is 2.70. The van der Waals surface area contributed by atoms with Crippen molar-refractivity contribution in [3.8, 4) is 0 Å². The fourth-order valence-corrected chi connectivity index (χ4v) is 4.62. The van der Waals surface area contributed by atoms with Crippen molar-refractivity contribution >= 4 is 23.7 Å². The van der Waals surface area contributed by atoms with E-state index >= 15 is 0 Å². The van der Waals surface area contributed by atoms with Gasteiger partial charge in [-0.15, -0.1) is 0 Å². The lowest BCUT2D eigenvalue weighted by Crippen LogP contribution is -2.58. The molecule has 1 aromatic carbocycles. The van der Waals surface area contributed by atoms with Crippen LogP contribution in [0.3, 0.4) is 0 Å². The molecule has 2 heterocycles. The largest absolute Gasteiger partial charge is 0.468 e. The van der Waals surface area contributed by atoms with Crippen LogP contribution in [0.4, 0.5) is 0 Å². The molecule has 3 amide bonds. The summed E-state index contributed by atoms with van der Waals surface area (Å²) in [5.74, 6) is -3.01. The van der Waals surface area contributed by atoms with Gasteiger partial charge in [0.15, 0.2) is 0 Å². The summed E-state index contributed by atoms with van der Waals surface area (Å²) in [6, 6.07) is 8.35. The molecule has 3 rings (SSSR count). The van der Waals surface area contributed by atoms with Crippen molar-refractivity contribution in [2.24, 2.45) is 11.8 Å². The molecule has 8 heteroatoms. The van der Waals surface area contributed by atoms with Gasteiger partial charge in [0, 0.05) is 31.7 Å². The van der Waals surface area contributed by atoms with Crippen LogP contribution < -0.4 is 5.32 Å². The smallest absolute Gasteiger partial charge is 0.326 e. The van der Waals surface area contributed by atoms with Crippen LogP contribution in [0.2, 0.25) is 0 Å². The zero-order valence-electron chi connectivity index (χ0n) is 17.2. The van der Waals surface area contributed by atoms with Gasteiger partial charge in [0.25, 0.3) is 5.91 Å². The molecule has 2 saturated heterocycles. The molecular formula is C21H27N3O5. The molecule has 8 nitrogen and oxygen atoms in total. The number of imide groups is 1. The van der Waals surface area contributed by atoms with Crippen LogP contribution in [-0.4, -0.2) is 72.3 Å². The minimum Gasteiger partial charge on any atom is -0.468 e. The maximum Gasteiger partial charge on any atom is 0.326 e. The molecule has 1 N–H and O–H groups in total. The summed E-state index contributed by atoms with van der Waals surface area (Å²) in [6.45, 7) is 4.27. The molecule has 29 heavy (non-hydrogen) atoms. The third kappa shape index (κ3) is 3.21. The maximum atomic E-state index is 12.9. The number of benzene rings is 1. The first-order valence-electron chi connectivity index (χ1n) is 9.84. The van der Waals surface area contributed by atoms with E-state index in [1.807, 2.05) is 13.0 Å². The number of nitrogens with zero attached hydrogens (tertiary/aromatic N) is 2. The number of hydrogen-bond donors (Lipinski definition) is 1. The summed E-state index contributed by atoms with van der Waals surface area (Å²) in [4.78, 5) is 54.0. The van der Waals surface area contributed by atoms with Crippen molar-refractivity contribution in [2.45, 2.75) is 31.8 Å². The van der Waals surface area contributed by atoms with E-state index in [0.717, 1.165) is 4.90 Å². The number of amides is 3. The van der Waals surface area contributed by atoms with E-state index in [-0.39, 0.29) is 24.3 Å². The van der Waals surface area contributed by atoms with Crippen molar-refractivity contribution in [3.63, 3.8) is 0 Å². The van der Waals surface area contributed by atoms with Gasteiger partial charge in [-0.1, -0.05) is 25.1 Å². The molecule has 1 aromatic rings. The third-order valence-corrected chi connectivity index (χ3v) is 6.19. The first kappa shape index (κ1) is 21.0. The van der Waals surface area contributed by atoms with Crippen LogP contribution in [-0.2, 0) is 19.1 Å². The van der Waals surface area contributed by atoms with E-state index in [2.05, 4.69) is 5.32 Å². The number of carbonyl (C=O) groups excluding carboxylic acids is 4. The monoisotopic (exact) mass is 401 g/mol. The second-order valence-corrected chi connectivity index (χ2v) is 7.52. The molecule has 0 saturated carbocycles. The Hall–Kier alpha value is -2.74. The Kier molecular flexibility index (Phi) is 5.75. The normalized spacial score (nSPS) is 28.4. The molecule has 2 aliphatic heterocycles. The molecule has 156 valence electrons. The van der Waals surface area contributed by atoms with Crippen LogP contribution in [0.5, 0.6) is 0 Å². The summed E-state index contributed by atoms with van der Waals surface area (Å²) < 4.78 is 4.99. The van der Waals surface area contributed by atoms with Gasteiger partial charge in [0.2, 0.25) is 11.8 Å². The Labute approximate surface area is 170 Å². The summed E-state index contributed by atoms with van der Waals surface area (Å²) in [5.41, 5.74) is -0.735. The molecule has 0 spiro atoms. The molecule has 0 aliphatic carbocycles. The quantitative estimate of drug-likeness (QED) is 0.556. The van der Waals surface area contributed by atoms with Gasteiger partial charge in [0.05, 0.1) is 18.9 Å². The van der Waals surface area contributed by atoms with E-state index in [0.29, 0.717) is 18.5 Å². The number of hydrogen-bond acceptors (Lipinski definition) is 6. The van der Waals surface area contributed by atoms with Crippen LogP contribution in [0, 0.1) is 11.8 Å². The van der Waals surface area contributed by atoms with Crippen molar-refractivity contribution in [1.82, 2.24) is 15.1 Å². The Morgan fingerprint density at radius 1 is 1.17 bits per heavy atom. The highest BCUT2D eigenvalue weighted by Gasteiger charge is 2.67. The van der Waals surface area contributed by atoms with E-state index in [1.54, 1.807) is 36.1 Å². The standard InChI is InChI=1S/C21H27N3O5/c1-5-21(20(28)29-4)16-15(18(26)23(3)19(16)27)14(22-21)12-24(6-2)17(25)13-10-8-7-9-11-13/h7-11,14-16,22H,5-6,12H2,1-4H3/t14-,15+,16-,21-/m1/s1. The van der Waals surface area contributed by atoms with E-state index < -0.39 is 29.4 Å². The Bertz CT molecular complexity index is 827. The van der Waals surface area contributed by atoms with Gasteiger partial charge in [-0.05, 0) is 25.5 Å². The molecule has 2 aliphatic rings. The highest BCUT2D eigenvalue weighted by molar-refractivity contribution is 6.09. The second-order valence-electron chi connectivity index (χ2n) is 7.52. The Balaban J connectivity index is 1.94. The predicted octanol–water partition coefficient (Wildman–Crippen LogP) is 0.673. The number of esters is 1. The topological polar surface area (TPSA) is 96.0 Å². The number of methoxy groups -OCH3 is 1. The molecular weight excluding hydrogens is 374 g/mol. The fourth-order valence-electron chi connectivity index (χ4n) is 4.62. The third-order valence-electron chi connectivity index (χ3n) is 6.19. The van der Waals surface area contributed by atoms with E-state index in [9.17, 15) is 19.2 Å². The minimum atomic E-state index is -1.28. The maximum absolute atomic E-state index is 12.9. The number of likely N-dealkylation sites (tertiary alicyclic amines) is 1. The number of nitrogens with one attached hydrogen (secondary N) is 1. The van der Waals surface area contributed by atoms with Gasteiger partial charge < -0.3 is 9.64 Å². The molecule has 0 radical (unpaired) electrons. The summed E-state index contributed by atoms with van der Waals surface area (Å²) in [6.07, 6.45) is 0.295. The zero-order valence-corrected chi connectivity index (χ0v) is 17.2. The lowest BCUT2D eigenvalue weighted by Gasteiger charge is -2.32. The minimum absolute atomic E-state index is 0.163. The first-order chi connectivity index (χ1) is 13.8. The second kappa shape index (κ2) is 7.94. The summed E-state index contributed by atoms with van der Waals surface area (Å²) >= 11 is 0. The molecule has 0 bridgehead atoms. The Morgan fingerprint density at radius 2 is 1.83 bits per heavy atom. The lowest BCUT2D eigenvalue weighted by molar-refractivity contribution is -0.154. The van der Waals surface area contributed by atoms with Crippen LogP contribution in [0.1, 0.15) is 30.6 Å². The van der Waals surface area contributed by atoms with Crippen LogP contribution in [0.15, 0.2) is 30.3 Å². The Morgan fingerprint density at radius 3 is 2.38 bits per heavy atom. The van der Waals surface area contributed by atoms with Gasteiger partial charge in [-0.25, -0.2) is 0 Å². The van der Waals surface area contributed by atoms with Gasteiger partial charge in [0.1, 0.15) is 5.54 Å². The van der Waals surface area contributed by atoms with Crippen molar-refractivity contribution in [2.75, 3.05) is 27.2 Å². The van der Waals surface area contributed by atoms with E-state index in [4.69, 9.17) is 4.74 Å². The van der Waals surface area contributed by atoms with Crippen molar-refractivity contribution in [3.05, 3.63) is 35.9 Å². The molecule has 0 aromatic heterocycles. The zero-order chi connectivity index (χ0) is 21.3. The summed E-state index contributed by atoms with van der Waals surface area (Å²) in [5, 5.41) is 3.22. The van der Waals surface area contributed by atoms with Gasteiger partial charge in [-0.2, -0.15) is 0 Å². The van der Waals surface area contributed by atoms with Crippen molar-refractivity contribution in [1.29, 1.82) is 0 Å². The van der Waals surface area contributed by atoms with Gasteiger partial charge >= 0.3 is 5.97 Å². The molecule has 0 unspecified atom stereocenters. The predicted molar refractivity (Wildman–Crippen MR) is 105 cm³/mol. The molecule has 2 fully saturated rings. The van der Waals surface area contributed by atoms with Crippen molar-refractivity contribution < 1.29 is 23.9 Å². The highest BCUT2D eigenvalue weighted by atomic mass is 16.5. The lowest BCUT2D eigenvalue weighted by atomic mass is 9.78. The SMILES string of the molecule is CCN(C[C@H]1N[C@@](CC)(C(=O)OC)[C@H]2C(=O)N(C)C(=O)[C@@H]12)C(=O)c1ccccc1. The van der Waals surface area contributed by atoms with Gasteiger partial charge in [-0.3, -0.25) is 29.4 Å². The number of likely N-dealkylation sites (N-methyl/N-ethyl adjacent to an activating group) is 1. The number of ether oxygens (including phenoxy) is 1. The number of rotatable bonds is 6. The van der Waals surface area contributed by atoms with Crippen LogP contribution in [0.25, 0.3) is 0 Å². The number of carbonyl (C=O) groups is 4. The highest BCUT2D eigenvalue weighted by Crippen LogP contribution is 2.44.